The molecule has 2 atom stereocenters. The quantitative estimate of drug-likeness (QED) is 0.845. The predicted molar refractivity (Wildman–Crippen MR) is 78.9 cm³/mol. The molecule has 0 aliphatic heterocycles. The third kappa shape index (κ3) is 3.91. The van der Waals surface area contributed by atoms with E-state index >= 15 is 0 Å². The minimum Gasteiger partial charge on any atom is -0.381 e. The zero-order valence-electron chi connectivity index (χ0n) is 12.5. The van der Waals surface area contributed by atoms with Gasteiger partial charge in [-0.2, -0.15) is 0 Å². The number of hydrogen-bond donors (Lipinski definition) is 2. The summed E-state index contributed by atoms with van der Waals surface area (Å²) in [5.41, 5.74) is 0.0319. The molecule has 1 amide bonds. The maximum atomic E-state index is 14.3. The van der Waals surface area contributed by atoms with Gasteiger partial charge in [0.2, 0.25) is 0 Å². The van der Waals surface area contributed by atoms with Crippen molar-refractivity contribution < 1.29 is 13.9 Å². The van der Waals surface area contributed by atoms with Gasteiger partial charge in [0.1, 0.15) is 0 Å². The molecule has 1 heterocycles. The number of ether oxygens (including phenoxy) is 1. The highest BCUT2D eigenvalue weighted by Crippen LogP contribution is 2.22. The van der Waals surface area contributed by atoms with E-state index in [4.69, 9.17) is 4.74 Å². The van der Waals surface area contributed by atoms with Crippen LogP contribution in [0.2, 0.25) is 0 Å². The van der Waals surface area contributed by atoms with E-state index in [1.807, 2.05) is 6.92 Å². The number of pyridine rings is 1. The summed E-state index contributed by atoms with van der Waals surface area (Å²) in [6.45, 7) is 2.60. The molecule has 116 valence electrons. The molecule has 0 radical (unpaired) electrons. The van der Waals surface area contributed by atoms with Crippen molar-refractivity contribution in [2.45, 2.75) is 44.8 Å². The van der Waals surface area contributed by atoms with Crippen LogP contribution in [0.25, 0.3) is 0 Å². The molecule has 2 N–H and O–H groups in total. The van der Waals surface area contributed by atoms with Crippen LogP contribution >= 0.6 is 0 Å². The van der Waals surface area contributed by atoms with Gasteiger partial charge in [-0.3, -0.25) is 4.79 Å². The Hall–Kier alpha value is -1.69. The molecule has 1 aromatic rings. The smallest absolute Gasteiger partial charge is 0.254 e. The summed E-state index contributed by atoms with van der Waals surface area (Å²) in [7, 11) is 1.67. The topological polar surface area (TPSA) is 63.2 Å². The van der Waals surface area contributed by atoms with Gasteiger partial charge < -0.3 is 15.4 Å². The molecule has 1 fully saturated rings. The van der Waals surface area contributed by atoms with Crippen LogP contribution in [0.4, 0.5) is 10.2 Å². The highest BCUT2D eigenvalue weighted by molar-refractivity contribution is 5.95. The first kappa shape index (κ1) is 15.7. The lowest BCUT2D eigenvalue weighted by molar-refractivity contribution is 0.0911. The molecule has 5 nitrogen and oxygen atoms in total. The molecule has 0 aromatic carbocycles. The zero-order valence-corrected chi connectivity index (χ0v) is 12.5. The number of nitrogens with one attached hydrogen (secondary N) is 2. The second-order valence-corrected chi connectivity index (χ2v) is 5.29. The van der Waals surface area contributed by atoms with Crippen LogP contribution < -0.4 is 10.6 Å². The highest BCUT2D eigenvalue weighted by atomic mass is 19.1. The van der Waals surface area contributed by atoms with E-state index in [0.717, 1.165) is 25.7 Å². The summed E-state index contributed by atoms with van der Waals surface area (Å²) in [4.78, 5) is 16.1. The number of hydrogen-bond acceptors (Lipinski definition) is 4. The van der Waals surface area contributed by atoms with Gasteiger partial charge in [0.15, 0.2) is 11.6 Å². The molecular weight excluding hydrogens is 273 g/mol. The van der Waals surface area contributed by atoms with Crippen molar-refractivity contribution >= 4 is 11.7 Å². The number of carbonyl (C=O) groups excluding carboxylic acids is 1. The summed E-state index contributed by atoms with van der Waals surface area (Å²) in [5, 5.41) is 5.75. The molecule has 2 unspecified atom stereocenters. The van der Waals surface area contributed by atoms with Crippen molar-refractivity contribution in [2.24, 2.45) is 0 Å². The summed E-state index contributed by atoms with van der Waals surface area (Å²) < 4.78 is 19.5. The Morgan fingerprint density at radius 1 is 1.52 bits per heavy atom. The largest absolute Gasteiger partial charge is 0.381 e. The second kappa shape index (κ2) is 7.36. The SMILES string of the molecule is CCCNc1nccc(C(=O)NC2CCC(OC)C2)c1F. The van der Waals surface area contributed by atoms with Crippen molar-refractivity contribution in [1.82, 2.24) is 10.3 Å². The number of nitrogens with zero attached hydrogens (tertiary/aromatic N) is 1. The summed E-state index contributed by atoms with van der Waals surface area (Å²) >= 11 is 0. The van der Waals surface area contributed by atoms with Crippen molar-refractivity contribution in [1.29, 1.82) is 0 Å². The van der Waals surface area contributed by atoms with E-state index < -0.39 is 11.7 Å². The number of aromatic nitrogens is 1. The van der Waals surface area contributed by atoms with Crippen LogP contribution in [0.3, 0.4) is 0 Å². The molecule has 0 spiro atoms. The van der Waals surface area contributed by atoms with Crippen molar-refractivity contribution in [3.63, 3.8) is 0 Å². The number of anilines is 1. The van der Waals surface area contributed by atoms with E-state index in [9.17, 15) is 9.18 Å². The molecule has 6 heteroatoms. The minimum absolute atomic E-state index is 0.0319. The number of carbonyl (C=O) groups is 1. The number of rotatable bonds is 6. The van der Waals surface area contributed by atoms with E-state index in [2.05, 4.69) is 15.6 Å². The predicted octanol–water partition coefficient (Wildman–Crippen LogP) is 2.34. The fourth-order valence-electron chi connectivity index (χ4n) is 2.53. The fourth-order valence-corrected chi connectivity index (χ4v) is 2.53. The lowest BCUT2D eigenvalue weighted by Crippen LogP contribution is -2.34. The van der Waals surface area contributed by atoms with Gasteiger partial charge >= 0.3 is 0 Å². The van der Waals surface area contributed by atoms with E-state index in [0.29, 0.717) is 6.54 Å². The first-order chi connectivity index (χ1) is 10.2. The molecule has 1 aliphatic carbocycles. The standard InChI is InChI=1S/C15H22FN3O2/c1-3-7-17-14-13(16)12(6-8-18-14)15(20)19-10-4-5-11(9-10)21-2/h6,8,10-11H,3-5,7,9H2,1-2H3,(H,17,18)(H,19,20). The third-order valence-electron chi connectivity index (χ3n) is 3.73. The Balaban J connectivity index is 2.02. The van der Waals surface area contributed by atoms with Crippen LogP contribution in [0.5, 0.6) is 0 Å². The number of halogens is 1. The molecule has 0 bridgehead atoms. The third-order valence-corrected chi connectivity index (χ3v) is 3.73. The maximum absolute atomic E-state index is 14.3. The summed E-state index contributed by atoms with van der Waals surface area (Å²) in [5.74, 6) is -0.855. The number of methoxy groups -OCH3 is 1. The van der Waals surface area contributed by atoms with Crippen LogP contribution in [0.1, 0.15) is 43.0 Å². The highest BCUT2D eigenvalue weighted by Gasteiger charge is 2.27. The second-order valence-electron chi connectivity index (χ2n) is 5.29. The molecule has 2 rings (SSSR count). The average molecular weight is 295 g/mol. The van der Waals surface area contributed by atoms with Crippen molar-refractivity contribution in [3.05, 3.63) is 23.6 Å². The van der Waals surface area contributed by atoms with Gasteiger partial charge in [-0.05, 0) is 31.7 Å². The van der Waals surface area contributed by atoms with Crippen LogP contribution in [0.15, 0.2) is 12.3 Å². The van der Waals surface area contributed by atoms with Gasteiger partial charge in [0.05, 0.1) is 11.7 Å². The first-order valence-electron chi connectivity index (χ1n) is 7.37. The monoisotopic (exact) mass is 295 g/mol. The van der Waals surface area contributed by atoms with Crippen LogP contribution in [0, 0.1) is 5.82 Å². The Morgan fingerprint density at radius 3 is 3.00 bits per heavy atom. The van der Waals surface area contributed by atoms with Gasteiger partial charge in [0.25, 0.3) is 5.91 Å². The fraction of sp³-hybridized carbons (Fsp3) is 0.600. The summed E-state index contributed by atoms with van der Waals surface area (Å²) in [6, 6.07) is 1.45. The molecule has 21 heavy (non-hydrogen) atoms. The van der Waals surface area contributed by atoms with Gasteiger partial charge in [-0.25, -0.2) is 9.37 Å². The van der Waals surface area contributed by atoms with Crippen LogP contribution in [-0.2, 0) is 4.74 Å². The van der Waals surface area contributed by atoms with Gasteiger partial charge in [0, 0.05) is 25.9 Å². The van der Waals surface area contributed by atoms with Gasteiger partial charge in [-0.1, -0.05) is 6.92 Å². The summed E-state index contributed by atoms with van der Waals surface area (Å²) in [6.07, 6.45) is 5.04. The number of amides is 1. The van der Waals surface area contributed by atoms with Gasteiger partial charge in [-0.15, -0.1) is 0 Å². The molecular formula is C15H22FN3O2. The first-order valence-corrected chi connectivity index (χ1v) is 7.37. The van der Waals surface area contributed by atoms with Crippen LogP contribution in [-0.4, -0.2) is 36.7 Å². The molecule has 1 aliphatic rings. The lowest BCUT2D eigenvalue weighted by atomic mass is 10.2. The normalized spacial score (nSPS) is 21.3. The Morgan fingerprint density at radius 2 is 2.33 bits per heavy atom. The average Bonchev–Trinajstić information content (AvgIpc) is 2.93. The van der Waals surface area contributed by atoms with E-state index in [-0.39, 0.29) is 23.5 Å². The lowest BCUT2D eigenvalue weighted by Gasteiger charge is -2.14. The Bertz CT molecular complexity index is 496. The minimum atomic E-state index is -0.593. The molecule has 1 saturated carbocycles. The zero-order chi connectivity index (χ0) is 15.2. The van der Waals surface area contributed by atoms with Crippen molar-refractivity contribution in [3.8, 4) is 0 Å². The van der Waals surface area contributed by atoms with Crippen molar-refractivity contribution in [2.75, 3.05) is 19.0 Å². The van der Waals surface area contributed by atoms with E-state index in [1.54, 1.807) is 7.11 Å². The Kier molecular flexibility index (Phi) is 5.50. The Labute approximate surface area is 124 Å². The maximum Gasteiger partial charge on any atom is 0.254 e. The van der Waals surface area contributed by atoms with E-state index in [1.165, 1.54) is 12.3 Å². The molecule has 1 aromatic heterocycles. The molecule has 0 saturated heterocycles.